The highest BCUT2D eigenvalue weighted by atomic mass is 32.2. The molecule has 9 nitrogen and oxygen atoms in total. The summed E-state index contributed by atoms with van der Waals surface area (Å²) < 4.78 is 86.2. The summed E-state index contributed by atoms with van der Waals surface area (Å²) in [6, 6.07) is 18.6. The van der Waals surface area contributed by atoms with Gasteiger partial charge >= 0.3 is 6.36 Å². The maximum Gasteiger partial charge on any atom is 0.573 e. The lowest BCUT2D eigenvalue weighted by Crippen LogP contribution is -2.37. The van der Waals surface area contributed by atoms with Crippen molar-refractivity contribution >= 4 is 38.6 Å². The molecule has 0 unspecified atom stereocenters. The first-order chi connectivity index (χ1) is 21.0. The molecule has 1 N–H and O–H groups in total. The summed E-state index contributed by atoms with van der Waals surface area (Å²) in [5.74, 6) is -0.389. The third kappa shape index (κ3) is 7.50. The number of carbonyl (C=O) groups excluding carboxylic acids is 1. The van der Waals surface area contributed by atoms with Crippen LogP contribution in [0.25, 0.3) is 11.1 Å². The van der Waals surface area contributed by atoms with Gasteiger partial charge < -0.3 is 23.8 Å². The zero-order chi connectivity index (χ0) is 31.3. The van der Waals surface area contributed by atoms with Crippen molar-refractivity contribution in [2.24, 2.45) is 0 Å². The maximum atomic E-state index is 13.6. The second-order valence-corrected chi connectivity index (χ2v) is 12.4. The Kier molecular flexibility index (Phi) is 9.44. The van der Waals surface area contributed by atoms with Crippen LogP contribution >= 0.6 is 11.3 Å². The quantitative estimate of drug-likeness (QED) is 0.142. The molecule has 5 rings (SSSR count). The monoisotopic (exact) mass is 648 g/mol. The van der Waals surface area contributed by atoms with Crippen LogP contribution < -0.4 is 19.1 Å². The number of carbonyl (C=O) groups is 1. The summed E-state index contributed by atoms with van der Waals surface area (Å²) in [6.45, 7) is 0.813. The fraction of sp³-hybridized carbons (Fsp3) is 0.233. The number of thiophene rings is 1. The van der Waals surface area contributed by atoms with E-state index in [1.807, 2.05) is 6.07 Å². The lowest BCUT2D eigenvalue weighted by Gasteiger charge is -2.29. The van der Waals surface area contributed by atoms with Gasteiger partial charge in [0.05, 0.1) is 18.9 Å². The molecule has 14 heteroatoms. The van der Waals surface area contributed by atoms with Crippen LogP contribution in [-0.2, 0) is 25.9 Å². The largest absolute Gasteiger partial charge is 0.573 e. The number of ether oxygens (including phenoxy) is 4. The first-order valence-corrected chi connectivity index (χ1v) is 15.6. The van der Waals surface area contributed by atoms with Crippen molar-refractivity contribution in [2.45, 2.75) is 17.0 Å². The van der Waals surface area contributed by atoms with Crippen LogP contribution in [0.3, 0.4) is 0 Å². The molecule has 1 aliphatic heterocycles. The number of sulfonamides is 1. The fourth-order valence-corrected chi connectivity index (χ4v) is 6.63. The van der Waals surface area contributed by atoms with Crippen LogP contribution in [0, 0.1) is 0 Å². The third-order valence-corrected chi connectivity index (χ3v) is 9.38. The number of hydrogen-bond donors (Lipinski definition) is 1. The summed E-state index contributed by atoms with van der Waals surface area (Å²) in [5, 5.41) is 1.65. The number of anilines is 2. The molecule has 1 aliphatic rings. The van der Waals surface area contributed by atoms with Crippen LogP contribution in [0.2, 0.25) is 0 Å². The Morgan fingerprint density at radius 2 is 1.75 bits per heavy atom. The highest BCUT2D eigenvalue weighted by molar-refractivity contribution is 7.94. The Bertz CT molecular complexity index is 1710. The van der Waals surface area contributed by atoms with Gasteiger partial charge in [-0.3, -0.25) is 9.52 Å². The molecule has 3 aromatic carbocycles. The number of rotatable bonds is 12. The normalized spacial score (nSPS) is 13.5. The Morgan fingerprint density at radius 3 is 2.45 bits per heavy atom. The molecule has 0 saturated heterocycles. The van der Waals surface area contributed by atoms with Crippen molar-refractivity contribution in [2.75, 3.05) is 43.3 Å². The van der Waals surface area contributed by atoms with E-state index in [1.165, 1.54) is 36.4 Å². The van der Waals surface area contributed by atoms with Crippen molar-refractivity contribution in [3.63, 3.8) is 0 Å². The molecular formula is C30H27F3N2O7S2. The van der Waals surface area contributed by atoms with Gasteiger partial charge in [-0.1, -0.05) is 30.3 Å². The zero-order valence-electron chi connectivity index (χ0n) is 23.3. The molecule has 1 amide bonds. The summed E-state index contributed by atoms with van der Waals surface area (Å²) in [7, 11) is -2.38. The van der Waals surface area contributed by atoms with Gasteiger partial charge in [0.2, 0.25) is 0 Å². The van der Waals surface area contributed by atoms with E-state index in [0.717, 1.165) is 22.5 Å². The van der Waals surface area contributed by atoms with E-state index in [2.05, 4.69) is 9.46 Å². The first kappa shape index (κ1) is 31.3. The SMILES string of the molecule is COCCOCOc1ccc(N2CCc3cc(-c4ccc(OC(F)(F)F)cc4)ccc3C2=O)cc1NS(=O)(=O)c1cccs1. The number of fused-ring (bicyclic) bond motifs is 1. The number of halogens is 3. The first-order valence-electron chi connectivity index (χ1n) is 13.2. The predicted molar refractivity (Wildman–Crippen MR) is 159 cm³/mol. The van der Waals surface area contributed by atoms with Crippen molar-refractivity contribution < 1.29 is 45.3 Å². The number of methoxy groups -OCH3 is 1. The Morgan fingerprint density at radius 1 is 0.977 bits per heavy atom. The van der Waals surface area contributed by atoms with Crippen LogP contribution in [-0.4, -0.2) is 54.3 Å². The van der Waals surface area contributed by atoms with Gasteiger partial charge in [0.25, 0.3) is 15.9 Å². The molecule has 0 saturated carbocycles. The standard InChI is InChI=1S/C30H27F3N2O7S2/c1-39-14-15-40-19-41-27-11-7-23(18-26(27)34-44(37,38)28-3-2-16-43-28)35-13-12-22-17-21(6-10-25(22)29(35)36)20-4-8-24(9-5-20)42-30(31,32)33/h2-11,16-18,34H,12-15,19H2,1H3. The fourth-order valence-electron chi connectivity index (χ4n) is 4.57. The second kappa shape index (κ2) is 13.3. The zero-order valence-corrected chi connectivity index (χ0v) is 24.9. The number of amides is 1. The number of benzene rings is 3. The van der Waals surface area contributed by atoms with E-state index >= 15 is 0 Å². The van der Waals surface area contributed by atoms with Gasteiger partial charge in [0, 0.05) is 24.9 Å². The minimum atomic E-state index is -4.78. The average Bonchev–Trinajstić information content (AvgIpc) is 3.54. The van der Waals surface area contributed by atoms with Crippen LogP contribution in [0.15, 0.2) is 82.4 Å². The van der Waals surface area contributed by atoms with Crippen molar-refractivity contribution in [3.8, 4) is 22.6 Å². The maximum absolute atomic E-state index is 13.6. The van der Waals surface area contributed by atoms with Gasteiger partial charge in [-0.2, -0.15) is 0 Å². The molecule has 0 radical (unpaired) electrons. The summed E-state index contributed by atoms with van der Waals surface area (Å²) >= 11 is 1.06. The molecule has 0 aliphatic carbocycles. The van der Waals surface area contributed by atoms with Crippen LogP contribution in [0.1, 0.15) is 15.9 Å². The third-order valence-electron chi connectivity index (χ3n) is 6.62. The Balaban J connectivity index is 1.37. The molecule has 0 spiro atoms. The molecule has 2 heterocycles. The Hall–Kier alpha value is -4.11. The van der Waals surface area contributed by atoms with Gasteiger partial charge in [-0.05, 0) is 71.0 Å². The topological polar surface area (TPSA) is 103 Å². The average molecular weight is 649 g/mol. The van der Waals surface area contributed by atoms with E-state index < -0.39 is 16.4 Å². The number of nitrogens with zero attached hydrogens (tertiary/aromatic N) is 1. The van der Waals surface area contributed by atoms with E-state index in [1.54, 1.807) is 47.7 Å². The van der Waals surface area contributed by atoms with Crippen molar-refractivity contribution in [1.82, 2.24) is 0 Å². The molecule has 0 atom stereocenters. The van der Waals surface area contributed by atoms with Gasteiger partial charge in [0.1, 0.15) is 15.7 Å². The summed E-state index contributed by atoms with van der Waals surface area (Å²) in [6.07, 6.45) is -4.29. The van der Waals surface area contributed by atoms with Gasteiger partial charge in [-0.25, -0.2) is 8.42 Å². The number of alkyl halides is 3. The molecule has 44 heavy (non-hydrogen) atoms. The van der Waals surface area contributed by atoms with Crippen molar-refractivity contribution in [3.05, 3.63) is 89.3 Å². The number of nitrogens with one attached hydrogen (secondary N) is 1. The minimum absolute atomic E-state index is 0.117. The number of hydrogen-bond acceptors (Lipinski definition) is 8. The highest BCUT2D eigenvalue weighted by Crippen LogP contribution is 2.35. The van der Waals surface area contributed by atoms with Gasteiger partial charge in [-0.15, -0.1) is 24.5 Å². The molecule has 1 aromatic heterocycles. The van der Waals surface area contributed by atoms with Crippen molar-refractivity contribution in [1.29, 1.82) is 0 Å². The predicted octanol–water partition coefficient (Wildman–Crippen LogP) is 6.32. The minimum Gasteiger partial charge on any atom is -0.465 e. The van der Waals surface area contributed by atoms with E-state index in [4.69, 9.17) is 14.2 Å². The molecular weight excluding hydrogens is 621 g/mol. The smallest absolute Gasteiger partial charge is 0.465 e. The second-order valence-electron chi connectivity index (χ2n) is 9.53. The van der Waals surface area contributed by atoms with E-state index in [9.17, 15) is 26.4 Å². The summed E-state index contributed by atoms with van der Waals surface area (Å²) in [4.78, 5) is 15.1. The molecule has 0 fully saturated rings. The lowest BCUT2D eigenvalue weighted by molar-refractivity contribution is -0.274. The van der Waals surface area contributed by atoms with Crippen LogP contribution in [0.5, 0.6) is 11.5 Å². The summed E-state index contributed by atoms with van der Waals surface area (Å²) in [5.41, 5.74) is 3.25. The highest BCUT2D eigenvalue weighted by Gasteiger charge is 2.31. The van der Waals surface area contributed by atoms with Gasteiger partial charge in [0.15, 0.2) is 6.79 Å². The Labute approximate surface area is 255 Å². The van der Waals surface area contributed by atoms with Crippen LogP contribution in [0.4, 0.5) is 24.5 Å². The lowest BCUT2D eigenvalue weighted by atomic mass is 9.93. The molecule has 4 aromatic rings. The van der Waals surface area contributed by atoms with E-state index in [0.29, 0.717) is 36.4 Å². The molecule has 232 valence electrons. The van der Waals surface area contributed by atoms with E-state index in [-0.39, 0.29) is 40.7 Å². The molecule has 0 bridgehead atoms.